The average Bonchev–Trinajstić information content (AvgIpc) is 3.26. The van der Waals surface area contributed by atoms with Crippen molar-refractivity contribution in [1.82, 2.24) is 0 Å². The molecule has 0 N–H and O–H groups in total. The zero-order valence-corrected chi connectivity index (χ0v) is 14.9. The highest BCUT2D eigenvalue weighted by atomic mass is 16.6. The molecule has 0 bridgehead atoms. The van der Waals surface area contributed by atoms with Gasteiger partial charge in [-0.2, -0.15) is 5.26 Å². The first-order valence-corrected chi connectivity index (χ1v) is 8.28. The highest BCUT2D eigenvalue weighted by Gasteiger charge is 2.20. The number of anilines is 2. The average molecular weight is 373 g/mol. The van der Waals surface area contributed by atoms with Crippen LogP contribution in [0.25, 0.3) is 6.08 Å². The van der Waals surface area contributed by atoms with E-state index >= 15 is 0 Å². The standard InChI is InChI=1S/C21H15N3O4/c1-23(17-6-3-2-4-7-17)18-10-9-15(13-19(18)24(26)27)12-16(14-22)21(25)20-8-5-11-28-20/h2-13H,1H3/b16-12+. The van der Waals surface area contributed by atoms with Crippen LogP contribution in [0, 0.1) is 21.4 Å². The summed E-state index contributed by atoms with van der Waals surface area (Å²) in [4.78, 5) is 25.1. The Kier molecular flexibility index (Phi) is 5.33. The van der Waals surface area contributed by atoms with Gasteiger partial charge in [-0.15, -0.1) is 0 Å². The number of benzene rings is 2. The Bertz CT molecular complexity index is 1080. The second-order valence-electron chi connectivity index (χ2n) is 5.88. The van der Waals surface area contributed by atoms with Gasteiger partial charge in [0.15, 0.2) is 5.76 Å². The summed E-state index contributed by atoms with van der Waals surface area (Å²) in [6.07, 6.45) is 2.64. The third-order valence-electron chi connectivity index (χ3n) is 4.12. The number of para-hydroxylation sites is 1. The van der Waals surface area contributed by atoms with Crippen molar-refractivity contribution in [1.29, 1.82) is 5.26 Å². The highest BCUT2D eigenvalue weighted by molar-refractivity contribution is 6.12. The number of Topliss-reactive ketones (excluding diaryl/α,β-unsaturated/α-hetero) is 1. The SMILES string of the molecule is CN(c1ccccc1)c1ccc(/C=C(\C#N)C(=O)c2ccco2)cc1[N+](=O)[O-]. The molecule has 1 heterocycles. The fourth-order valence-corrected chi connectivity index (χ4v) is 2.71. The predicted octanol–water partition coefficient (Wildman–Crippen LogP) is 4.75. The molecular formula is C21H15N3O4. The maximum Gasteiger partial charge on any atom is 0.293 e. The smallest absolute Gasteiger partial charge is 0.293 e. The Morgan fingerprint density at radius 1 is 1.18 bits per heavy atom. The van der Waals surface area contributed by atoms with Gasteiger partial charge in [0.25, 0.3) is 5.69 Å². The number of carbonyl (C=O) groups is 1. The molecule has 0 spiro atoms. The Hall–Kier alpha value is -4.18. The maximum absolute atomic E-state index is 12.3. The van der Waals surface area contributed by atoms with Gasteiger partial charge in [-0.25, -0.2) is 0 Å². The van der Waals surface area contributed by atoms with Gasteiger partial charge in [-0.05, 0) is 42.0 Å². The van der Waals surface area contributed by atoms with Gasteiger partial charge in [0.1, 0.15) is 17.3 Å². The maximum atomic E-state index is 12.3. The lowest BCUT2D eigenvalue weighted by molar-refractivity contribution is -0.384. The van der Waals surface area contributed by atoms with Crippen molar-refractivity contribution in [2.45, 2.75) is 0 Å². The van der Waals surface area contributed by atoms with Crippen molar-refractivity contribution in [2.75, 3.05) is 11.9 Å². The first-order valence-electron chi connectivity index (χ1n) is 8.28. The zero-order chi connectivity index (χ0) is 20.1. The summed E-state index contributed by atoms with van der Waals surface area (Å²) in [5, 5.41) is 20.9. The summed E-state index contributed by atoms with van der Waals surface area (Å²) in [5.74, 6) is -0.552. The van der Waals surface area contributed by atoms with Gasteiger partial charge in [-0.1, -0.05) is 24.3 Å². The van der Waals surface area contributed by atoms with E-state index < -0.39 is 10.7 Å². The molecule has 3 rings (SSSR count). The first kappa shape index (κ1) is 18.6. The van der Waals surface area contributed by atoms with Crippen LogP contribution in [0.15, 0.2) is 76.9 Å². The third kappa shape index (κ3) is 3.81. The normalized spacial score (nSPS) is 10.9. The molecule has 0 aliphatic carbocycles. The third-order valence-corrected chi connectivity index (χ3v) is 4.12. The van der Waals surface area contributed by atoms with Crippen molar-refractivity contribution in [3.05, 3.63) is 93.9 Å². The van der Waals surface area contributed by atoms with E-state index in [0.717, 1.165) is 5.69 Å². The number of nitro benzene ring substituents is 1. The van der Waals surface area contributed by atoms with Gasteiger partial charge in [0.2, 0.25) is 5.78 Å². The van der Waals surface area contributed by atoms with E-state index in [1.54, 1.807) is 30.1 Å². The summed E-state index contributed by atoms with van der Waals surface area (Å²) in [6.45, 7) is 0. The minimum Gasteiger partial charge on any atom is -0.461 e. The topological polar surface area (TPSA) is 100 Å². The van der Waals surface area contributed by atoms with Crippen LogP contribution in [0.3, 0.4) is 0 Å². The molecule has 0 aliphatic rings. The Balaban J connectivity index is 2.00. The number of hydrogen-bond donors (Lipinski definition) is 0. The molecule has 0 atom stereocenters. The van der Waals surface area contributed by atoms with Gasteiger partial charge in [0.05, 0.1) is 11.2 Å². The number of nitriles is 1. The van der Waals surface area contributed by atoms with Gasteiger partial charge in [0, 0.05) is 18.8 Å². The monoisotopic (exact) mass is 373 g/mol. The summed E-state index contributed by atoms with van der Waals surface area (Å²) in [6, 6.07) is 18.6. The Morgan fingerprint density at radius 2 is 1.93 bits per heavy atom. The van der Waals surface area contributed by atoms with Crippen molar-refractivity contribution in [3.8, 4) is 6.07 Å². The van der Waals surface area contributed by atoms with E-state index in [0.29, 0.717) is 11.3 Å². The lowest BCUT2D eigenvalue weighted by Crippen LogP contribution is -2.11. The van der Waals surface area contributed by atoms with E-state index in [4.69, 9.17) is 4.42 Å². The molecule has 7 heteroatoms. The molecule has 0 fully saturated rings. The fraction of sp³-hybridized carbons (Fsp3) is 0.0476. The molecule has 0 radical (unpaired) electrons. The molecule has 7 nitrogen and oxygen atoms in total. The predicted molar refractivity (Wildman–Crippen MR) is 104 cm³/mol. The summed E-state index contributed by atoms with van der Waals surface area (Å²) in [5.41, 5.74) is 1.24. The minimum atomic E-state index is -0.583. The summed E-state index contributed by atoms with van der Waals surface area (Å²) < 4.78 is 5.02. The minimum absolute atomic E-state index is 0.0303. The second kappa shape index (κ2) is 8.01. The number of nitro groups is 1. The largest absolute Gasteiger partial charge is 0.461 e. The second-order valence-corrected chi connectivity index (χ2v) is 5.88. The number of hydrogen-bond acceptors (Lipinski definition) is 6. The molecule has 0 aliphatic heterocycles. The zero-order valence-electron chi connectivity index (χ0n) is 14.9. The molecule has 2 aromatic carbocycles. The Morgan fingerprint density at radius 3 is 2.54 bits per heavy atom. The molecule has 0 unspecified atom stereocenters. The molecule has 0 saturated carbocycles. The quantitative estimate of drug-likeness (QED) is 0.203. The molecule has 1 aromatic heterocycles. The summed E-state index contributed by atoms with van der Waals surface area (Å²) in [7, 11) is 1.73. The number of ketones is 1. The van der Waals surface area contributed by atoms with Crippen molar-refractivity contribution >= 4 is 28.9 Å². The van der Waals surface area contributed by atoms with Crippen LogP contribution >= 0.6 is 0 Å². The van der Waals surface area contributed by atoms with E-state index in [1.165, 1.54) is 24.5 Å². The van der Waals surface area contributed by atoms with Crippen LogP contribution < -0.4 is 4.90 Å². The molecule has 28 heavy (non-hydrogen) atoms. The van der Waals surface area contributed by atoms with Crippen molar-refractivity contribution in [2.24, 2.45) is 0 Å². The van der Waals surface area contributed by atoms with Crippen LogP contribution in [0.1, 0.15) is 16.1 Å². The molecule has 0 amide bonds. The van der Waals surface area contributed by atoms with Gasteiger partial charge in [-0.3, -0.25) is 14.9 Å². The van der Waals surface area contributed by atoms with E-state index in [-0.39, 0.29) is 17.0 Å². The van der Waals surface area contributed by atoms with Crippen molar-refractivity contribution < 1.29 is 14.1 Å². The highest BCUT2D eigenvalue weighted by Crippen LogP contribution is 2.33. The lowest BCUT2D eigenvalue weighted by atomic mass is 10.1. The fourth-order valence-electron chi connectivity index (χ4n) is 2.71. The van der Waals surface area contributed by atoms with Crippen LogP contribution in [0.2, 0.25) is 0 Å². The molecular weight excluding hydrogens is 358 g/mol. The van der Waals surface area contributed by atoms with Crippen molar-refractivity contribution in [3.63, 3.8) is 0 Å². The molecule has 0 saturated heterocycles. The summed E-state index contributed by atoms with van der Waals surface area (Å²) >= 11 is 0. The Labute approximate surface area is 160 Å². The number of furan rings is 1. The van der Waals surface area contributed by atoms with Crippen LogP contribution in [-0.4, -0.2) is 17.8 Å². The van der Waals surface area contributed by atoms with E-state index in [2.05, 4.69) is 0 Å². The van der Waals surface area contributed by atoms with Gasteiger partial charge < -0.3 is 9.32 Å². The number of rotatable bonds is 6. The van der Waals surface area contributed by atoms with Crippen LogP contribution in [-0.2, 0) is 0 Å². The van der Waals surface area contributed by atoms with Gasteiger partial charge >= 0.3 is 0 Å². The first-order chi connectivity index (χ1) is 13.5. The number of nitrogens with zero attached hydrogens (tertiary/aromatic N) is 3. The number of carbonyl (C=O) groups excluding carboxylic acids is 1. The van der Waals surface area contributed by atoms with Crippen LogP contribution in [0.5, 0.6) is 0 Å². The molecule has 138 valence electrons. The molecule has 3 aromatic rings. The van der Waals surface area contributed by atoms with E-state index in [1.807, 2.05) is 36.4 Å². The van der Waals surface area contributed by atoms with Crippen LogP contribution in [0.4, 0.5) is 17.1 Å². The number of allylic oxidation sites excluding steroid dienone is 1. The van der Waals surface area contributed by atoms with E-state index in [9.17, 15) is 20.2 Å². The lowest BCUT2D eigenvalue weighted by Gasteiger charge is -2.19.